The molecule has 0 amide bonds. The first-order valence-electron chi connectivity index (χ1n) is 3.96. The van der Waals surface area contributed by atoms with Crippen LogP contribution in [0.3, 0.4) is 0 Å². The van der Waals surface area contributed by atoms with Crippen molar-refractivity contribution in [3.8, 4) is 0 Å². The molecule has 0 heterocycles. The predicted octanol–water partition coefficient (Wildman–Crippen LogP) is 3.59. The Hall–Kier alpha value is -0.540. The highest BCUT2D eigenvalue weighted by Gasteiger charge is 2.26. The number of alkyl halides is 1. The van der Waals surface area contributed by atoms with Crippen LogP contribution in [0.25, 0.3) is 0 Å². The van der Waals surface area contributed by atoms with E-state index in [1.807, 2.05) is 0 Å². The molecule has 1 fully saturated rings. The minimum absolute atomic E-state index is 0.199. The molecule has 0 radical (unpaired) electrons. The first-order valence-corrected chi connectivity index (χ1v) is 3.96. The van der Waals surface area contributed by atoms with Gasteiger partial charge in [-0.3, -0.25) is 0 Å². The number of halogens is 4. The van der Waals surface area contributed by atoms with E-state index in [0.717, 1.165) is 0 Å². The maximum absolute atomic E-state index is 12.5. The average molecular weight is 182 g/mol. The van der Waals surface area contributed by atoms with Gasteiger partial charge in [-0.15, -0.1) is 0 Å². The summed E-state index contributed by atoms with van der Waals surface area (Å²) >= 11 is 0. The third kappa shape index (κ3) is 2.22. The second kappa shape index (κ2) is 3.92. The van der Waals surface area contributed by atoms with E-state index < -0.39 is 24.0 Å². The zero-order valence-electron chi connectivity index (χ0n) is 6.49. The van der Waals surface area contributed by atoms with E-state index >= 15 is 0 Å². The van der Waals surface area contributed by atoms with Crippen molar-refractivity contribution in [3.05, 3.63) is 11.9 Å². The molecule has 70 valence electrons. The predicted molar refractivity (Wildman–Crippen MR) is 37.2 cm³/mol. The molecule has 4 heteroatoms. The second-order valence-electron chi connectivity index (χ2n) is 3.06. The van der Waals surface area contributed by atoms with Crippen molar-refractivity contribution in [1.29, 1.82) is 0 Å². The third-order valence-corrected chi connectivity index (χ3v) is 2.20. The van der Waals surface area contributed by atoms with Gasteiger partial charge < -0.3 is 0 Å². The molecule has 0 spiro atoms. The molecule has 0 aromatic carbocycles. The summed E-state index contributed by atoms with van der Waals surface area (Å²) in [5.74, 6) is -2.09. The quantitative estimate of drug-likeness (QED) is 0.543. The van der Waals surface area contributed by atoms with Gasteiger partial charge in [0.25, 0.3) is 0 Å². The maximum Gasteiger partial charge on any atom is 0.301 e. The van der Waals surface area contributed by atoms with Crippen LogP contribution in [0.4, 0.5) is 17.6 Å². The van der Waals surface area contributed by atoms with E-state index in [1.165, 1.54) is 0 Å². The van der Waals surface area contributed by atoms with E-state index in [4.69, 9.17) is 0 Å². The third-order valence-electron chi connectivity index (χ3n) is 2.20. The van der Waals surface area contributed by atoms with Crippen LogP contribution in [0, 0.1) is 5.92 Å². The first kappa shape index (κ1) is 9.55. The molecule has 0 aromatic rings. The Morgan fingerprint density at radius 1 is 0.917 bits per heavy atom. The monoisotopic (exact) mass is 182 g/mol. The molecular weight excluding hydrogens is 172 g/mol. The van der Waals surface area contributed by atoms with Crippen molar-refractivity contribution < 1.29 is 17.6 Å². The highest BCUT2D eigenvalue weighted by Crippen LogP contribution is 2.33. The van der Waals surface area contributed by atoms with E-state index in [0.29, 0.717) is 0 Å². The summed E-state index contributed by atoms with van der Waals surface area (Å²) < 4.78 is 48.5. The zero-order valence-corrected chi connectivity index (χ0v) is 6.49. The van der Waals surface area contributed by atoms with Crippen LogP contribution in [0.15, 0.2) is 11.9 Å². The summed E-state index contributed by atoms with van der Waals surface area (Å²) in [6.45, 7) is 0. The lowest BCUT2D eigenvalue weighted by Crippen LogP contribution is -2.15. The van der Waals surface area contributed by atoms with Crippen molar-refractivity contribution >= 4 is 0 Å². The van der Waals surface area contributed by atoms with Gasteiger partial charge in [0.1, 0.15) is 6.17 Å². The molecule has 1 aliphatic rings. The van der Waals surface area contributed by atoms with Crippen LogP contribution in [0.1, 0.15) is 25.7 Å². The van der Waals surface area contributed by atoms with Gasteiger partial charge in [-0.05, 0) is 25.7 Å². The molecule has 1 rings (SSSR count). The van der Waals surface area contributed by atoms with Gasteiger partial charge in [0, 0.05) is 5.92 Å². The van der Waals surface area contributed by atoms with Gasteiger partial charge in [-0.2, -0.15) is 8.78 Å². The van der Waals surface area contributed by atoms with Crippen LogP contribution in [-0.4, -0.2) is 6.17 Å². The summed E-state index contributed by atoms with van der Waals surface area (Å²) in [6, 6.07) is 0. The molecule has 0 aromatic heterocycles. The lowest BCUT2D eigenvalue weighted by molar-refractivity contribution is 0.200. The second-order valence-corrected chi connectivity index (χ2v) is 3.06. The number of rotatable bonds is 1. The molecular formula is C8H10F4. The normalized spacial score (nSPS) is 30.0. The van der Waals surface area contributed by atoms with Crippen LogP contribution < -0.4 is 0 Å². The van der Waals surface area contributed by atoms with Crippen molar-refractivity contribution in [1.82, 2.24) is 0 Å². The minimum atomic E-state index is -2.25. The fraction of sp³-hybridized carbons (Fsp3) is 0.750. The molecule has 0 nitrogen and oxygen atoms in total. The Bertz CT molecular complexity index is 175. The molecule has 0 N–H and O–H groups in total. The van der Waals surface area contributed by atoms with Crippen molar-refractivity contribution in [2.24, 2.45) is 5.92 Å². The highest BCUT2D eigenvalue weighted by atomic mass is 19.3. The summed E-state index contributed by atoms with van der Waals surface area (Å²) in [7, 11) is 0. The summed E-state index contributed by atoms with van der Waals surface area (Å²) in [5.41, 5.74) is 0. The van der Waals surface area contributed by atoms with Gasteiger partial charge in [0.05, 0.1) is 0 Å². The Morgan fingerprint density at radius 2 is 1.42 bits per heavy atom. The van der Waals surface area contributed by atoms with E-state index in [-0.39, 0.29) is 25.7 Å². The Morgan fingerprint density at radius 3 is 1.83 bits per heavy atom. The highest BCUT2D eigenvalue weighted by molar-refractivity contribution is 4.99. The summed E-state index contributed by atoms with van der Waals surface area (Å²) in [4.78, 5) is 0. The Labute approximate surface area is 68.3 Å². The smallest absolute Gasteiger partial charge is 0.247 e. The molecule has 0 bridgehead atoms. The summed E-state index contributed by atoms with van der Waals surface area (Å²) in [5, 5.41) is 0. The molecule has 0 atom stereocenters. The van der Waals surface area contributed by atoms with Crippen LogP contribution in [0.5, 0.6) is 0 Å². The topological polar surface area (TPSA) is 0 Å². The van der Waals surface area contributed by atoms with Crippen LogP contribution >= 0.6 is 0 Å². The SMILES string of the molecule is FC(F)=C(F)C1CCC(F)CC1. The Kier molecular flexibility index (Phi) is 3.12. The van der Waals surface area contributed by atoms with Gasteiger partial charge in [-0.25, -0.2) is 8.78 Å². The number of hydrogen-bond acceptors (Lipinski definition) is 0. The number of hydrogen-bond donors (Lipinski definition) is 0. The van der Waals surface area contributed by atoms with E-state index in [9.17, 15) is 17.6 Å². The van der Waals surface area contributed by atoms with Crippen molar-refractivity contribution in [2.75, 3.05) is 0 Å². The lowest BCUT2D eigenvalue weighted by Gasteiger charge is -2.21. The van der Waals surface area contributed by atoms with Gasteiger partial charge in [0.2, 0.25) is 0 Å². The molecule has 12 heavy (non-hydrogen) atoms. The summed E-state index contributed by atoms with van der Waals surface area (Å²) in [6.07, 6.45) is -2.39. The zero-order chi connectivity index (χ0) is 9.14. The largest absolute Gasteiger partial charge is 0.301 e. The minimum Gasteiger partial charge on any atom is -0.247 e. The fourth-order valence-corrected chi connectivity index (χ4v) is 1.46. The van der Waals surface area contributed by atoms with Crippen molar-refractivity contribution in [3.63, 3.8) is 0 Å². The first-order chi connectivity index (χ1) is 5.61. The lowest BCUT2D eigenvalue weighted by atomic mass is 9.87. The maximum atomic E-state index is 12.5. The molecule has 1 aliphatic carbocycles. The molecule has 0 saturated heterocycles. The molecule has 0 aliphatic heterocycles. The van der Waals surface area contributed by atoms with E-state index in [2.05, 4.69) is 0 Å². The average Bonchev–Trinajstić information content (AvgIpc) is 2.04. The standard InChI is InChI=1S/C8H10F4/c9-6-3-1-5(2-4-6)7(10)8(11)12/h5-6H,1-4H2. The van der Waals surface area contributed by atoms with Crippen LogP contribution in [0.2, 0.25) is 0 Å². The van der Waals surface area contributed by atoms with Gasteiger partial charge >= 0.3 is 6.08 Å². The molecule has 1 saturated carbocycles. The van der Waals surface area contributed by atoms with Gasteiger partial charge in [-0.1, -0.05) is 0 Å². The number of allylic oxidation sites excluding steroid dienone is 1. The molecule has 0 unspecified atom stereocenters. The fourth-order valence-electron chi connectivity index (χ4n) is 1.46. The Balaban J connectivity index is 2.50. The van der Waals surface area contributed by atoms with Crippen molar-refractivity contribution in [2.45, 2.75) is 31.9 Å². The van der Waals surface area contributed by atoms with E-state index in [1.54, 1.807) is 0 Å². The van der Waals surface area contributed by atoms with Crippen LogP contribution in [-0.2, 0) is 0 Å². The van der Waals surface area contributed by atoms with Gasteiger partial charge in [0.15, 0.2) is 5.83 Å².